The molecule has 8 heteroatoms. The van der Waals surface area contributed by atoms with Gasteiger partial charge in [-0.2, -0.15) is 5.10 Å². The van der Waals surface area contributed by atoms with Crippen LogP contribution in [0.4, 0.5) is 0 Å². The molecule has 1 aliphatic rings. The lowest BCUT2D eigenvalue weighted by atomic mass is 10.1. The summed E-state index contributed by atoms with van der Waals surface area (Å²) in [5, 5.41) is 5.82. The van der Waals surface area contributed by atoms with Crippen LogP contribution in [0.2, 0.25) is 0 Å². The highest BCUT2D eigenvalue weighted by atomic mass is 16.5. The number of methoxy groups -OCH3 is 1. The maximum atomic E-state index is 12.7. The van der Waals surface area contributed by atoms with E-state index in [9.17, 15) is 9.59 Å². The first-order valence-corrected chi connectivity index (χ1v) is 7.80. The Morgan fingerprint density at radius 2 is 2.04 bits per heavy atom. The molecule has 132 valence electrons. The number of carbonyl (C=O) groups is 2. The maximum absolute atomic E-state index is 12.7. The van der Waals surface area contributed by atoms with Crippen LogP contribution in [-0.4, -0.2) is 54.7 Å². The second kappa shape index (κ2) is 7.35. The van der Waals surface area contributed by atoms with Crippen LogP contribution in [-0.2, 0) is 14.3 Å². The molecule has 0 fully saturated rings. The molecule has 1 unspecified atom stereocenters. The minimum Gasteiger partial charge on any atom is -0.468 e. The van der Waals surface area contributed by atoms with E-state index >= 15 is 0 Å². The monoisotopic (exact) mass is 345 g/mol. The summed E-state index contributed by atoms with van der Waals surface area (Å²) in [5.41, 5.74) is 0.676. The molecule has 1 aliphatic heterocycles. The first-order valence-electron chi connectivity index (χ1n) is 7.80. The van der Waals surface area contributed by atoms with Crippen LogP contribution in [0, 0.1) is 0 Å². The first-order chi connectivity index (χ1) is 12.1. The molecular weight excluding hydrogens is 326 g/mol. The zero-order valence-corrected chi connectivity index (χ0v) is 14.0. The molecular formula is C17H19N3O5. The van der Waals surface area contributed by atoms with Gasteiger partial charge in [0.2, 0.25) is 0 Å². The Kier molecular flexibility index (Phi) is 4.99. The van der Waals surface area contributed by atoms with Crippen LogP contribution in [0.15, 0.2) is 50.7 Å². The summed E-state index contributed by atoms with van der Waals surface area (Å²) in [4.78, 5) is 25.6. The van der Waals surface area contributed by atoms with Gasteiger partial charge in [0, 0.05) is 6.42 Å². The lowest BCUT2D eigenvalue weighted by molar-refractivity contribution is -0.142. The summed E-state index contributed by atoms with van der Waals surface area (Å²) in [6.45, 7) is 0.0531. The molecule has 2 aromatic heterocycles. The van der Waals surface area contributed by atoms with Gasteiger partial charge < -0.3 is 13.6 Å². The van der Waals surface area contributed by atoms with Crippen molar-refractivity contribution in [1.29, 1.82) is 0 Å². The first kappa shape index (κ1) is 17.0. The lowest BCUT2D eigenvalue weighted by Gasteiger charge is -2.22. The molecule has 8 nitrogen and oxygen atoms in total. The zero-order valence-electron chi connectivity index (χ0n) is 14.0. The van der Waals surface area contributed by atoms with Gasteiger partial charge in [-0.15, -0.1) is 0 Å². The van der Waals surface area contributed by atoms with Crippen molar-refractivity contribution in [2.45, 2.75) is 12.5 Å². The molecule has 0 N–H and O–H groups in total. The maximum Gasteiger partial charge on any atom is 0.319 e. The van der Waals surface area contributed by atoms with Crippen molar-refractivity contribution in [1.82, 2.24) is 9.91 Å². The third-order valence-corrected chi connectivity index (χ3v) is 3.87. The molecule has 1 amide bonds. The van der Waals surface area contributed by atoms with Crippen molar-refractivity contribution in [2.75, 3.05) is 27.2 Å². The molecule has 3 rings (SSSR count). The Balaban J connectivity index is 1.77. The van der Waals surface area contributed by atoms with E-state index in [1.807, 2.05) is 6.07 Å². The topological polar surface area (TPSA) is 88.5 Å². The van der Waals surface area contributed by atoms with Crippen molar-refractivity contribution in [3.8, 4) is 0 Å². The highest BCUT2D eigenvalue weighted by Gasteiger charge is 2.36. The molecule has 0 aromatic carbocycles. The number of rotatable bonds is 6. The molecule has 0 saturated carbocycles. The molecule has 0 aliphatic carbocycles. The van der Waals surface area contributed by atoms with Gasteiger partial charge in [0.1, 0.15) is 23.3 Å². The van der Waals surface area contributed by atoms with E-state index in [0.29, 0.717) is 23.7 Å². The Morgan fingerprint density at radius 3 is 2.68 bits per heavy atom. The largest absolute Gasteiger partial charge is 0.468 e. The number of furan rings is 2. The predicted molar refractivity (Wildman–Crippen MR) is 87.7 cm³/mol. The second-order valence-corrected chi connectivity index (χ2v) is 5.75. The summed E-state index contributed by atoms with van der Waals surface area (Å²) in [6.07, 6.45) is 3.62. The number of hydrogen-bond acceptors (Lipinski definition) is 7. The van der Waals surface area contributed by atoms with Gasteiger partial charge in [-0.1, -0.05) is 0 Å². The standard InChI is InChI=1S/C17H19N3O5/c1-19(11-17(22)23-2)10-16(21)20-13(15-6-4-8-25-15)9-12(18-20)14-5-3-7-24-14/h3-8,13H,9-11H2,1-2H3. The predicted octanol–water partition coefficient (Wildman–Crippen LogP) is 1.66. The van der Waals surface area contributed by atoms with E-state index in [0.717, 1.165) is 0 Å². The fraction of sp³-hybridized carbons (Fsp3) is 0.353. The van der Waals surface area contributed by atoms with Crippen LogP contribution in [0.1, 0.15) is 24.0 Å². The number of amides is 1. The highest BCUT2D eigenvalue weighted by Crippen LogP contribution is 2.33. The van der Waals surface area contributed by atoms with Crippen LogP contribution < -0.4 is 0 Å². The Labute approximate surface area is 144 Å². The minimum atomic E-state index is -0.404. The fourth-order valence-corrected chi connectivity index (χ4v) is 2.68. The van der Waals surface area contributed by atoms with Crippen LogP contribution in [0.5, 0.6) is 0 Å². The number of nitrogens with zero attached hydrogens (tertiary/aromatic N) is 3. The third kappa shape index (κ3) is 3.80. The highest BCUT2D eigenvalue weighted by molar-refractivity contribution is 6.01. The van der Waals surface area contributed by atoms with Gasteiger partial charge in [-0.3, -0.25) is 14.5 Å². The number of ether oxygens (including phenoxy) is 1. The molecule has 0 bridgehead atoms. The number of esters is 1. The summed E-state index contributed by atoms with van der Waals surface area (Å²) < 4.78 is 15.5. The van der Waals surface area contributed by atoms with Gasteiger partial charge >= 0.3 is 5.97 Å². The molecule has 0 saturated heterocycles. The molecule has 3 heterocycles. The van der Waals surface area contributed by atoms with E-state index < -0.39 is 5.97 Å². The number of carbonyl (C=O) groups excluding carboxylic acids is 2. The van der Waals surface area contributed by atoms with E-state index in [-0.39, 0.29) is 25.0 Å². The third-order valence-electron chi connectivity index (χ3n) is 3.87. The summed E-state index contributed by atoms with van der Waals surface area (Å²) >= 11 is 0. The molecule has 0 radical (unpaired) electrons. The van der Waals surface area contributed by atoms with Crippen molar-refractivity contribution in [2.24, 2.45) is 5.10 Å². The minimum absolute atomic E-state index is 0.0241. The normalized spacial score (nSPS) is 17.0. The SMILES string of the molecule is COC(=O)CN(C)CC(=O)N1N=C(c2ccco2)CC1c1ccco1. The fourth-order valence-electron chi connectivity index (χ4n) is 2.68. The Morgan fingerprint density at radius 1 is 1.28 bits per heavy atom. The second-order valence-electron chi connectivity index (χ2n) is 5.75. The average Bonchev–Trinajstić information content (AvgIpc) is 3.32. The van der Waals surface area contributed by atoms with Crippen LogP contribution in [0.3, 0.4) is 0 Å². The van der Waals surface area contributed by atoms with Crippen LogP contribution >= 0.6 is 0 Å². The van der Waals surface area contributed by atoms with Crippen molar-refractivity contribution < 1.29 is 23.2 Å². The lowest BCUT2D eigenvalue weighted by Crippen LogP contribution is -2.38. The van der Waals surface area contributed by atoms with E-state index in [1.54, 1.807) is 42.7 Å². The summed E-state index contributed by atoms with van der Waals surface area (Å²) in [7, 11) is 2.98. The van der Waals surface area contributed by atoms with Gasteiger partial charge in [0.05, 0.1) is 32.7 Å². The molecule has 2 aromatic rings. The zero-order chi connectivity index (χ0) is 17.8. The molecule has 25 heavy (non-hydrogen) atoms. The van der Waals surface area contributed by atoms with Crippen molar-refractivity contribution in [3.63, 3.8) is 0 Å². The van der Waals surface area contributed by atoms with Gasteiger partial charge in [-0.05, 0) is 31.3 Å². The summed E-state index contributed by atoms with van der Waals surface area (Å²) in [6, 6.07) is 6.81. The van der Waals surface area contributed by atoms with Gasteiger partial charge in [0.25, 0.3) is 5.91 Å². The number of hydrogen-bond donors (Lipinski definition) is 0. The average molecular weight is 345 g/mol. The van der Waals surface area contributed by atoms with Crippen molar-refractivity contribution in [3.05, 3.63) is 48.3 Å². The summed E-state index contributed by atoms with van der Waals surface area (Å²) in [5.74, 6) is 0.623. The number of likely N-dealkylation sites (N-methyl/N-ethyl adjacent to an activating group) is 1. The quantitative estimate of drug-likeness (QED) is 0.740. The molecule has 0 spiro atoms. The van der Waals surface area contributed by atoms with E-state index in [1.165, 1.54) is 12.1 Å². The number of hydrazone groups is 1. The van der Waals surface area contributed by atoms with E-state index in [4.69, 9.17) is 8.83 Å². The smallest absolute Gasteiger partial charge is 0.319 e. The Hall–Kier alpha value is -2.87. The van der Waals surface area contributed by atoms with Gasteiger partial charge in [-0.25, -0.2) is 5.01 Å². The molecule has 1 atom stereocenters. The van der Waals surface area contributed by atoms with Crippen LogP contribution in [0.25, 0.3) is 0 Å². The van der Waals surface area contributed by atoms with Gasteiger partial charge in [0.15, 0.2) is 0 Å². The van der Waals surface area contributed by atoms with Crippen molar-refractivity contribution >= 4 is 17.6 Å². The van der Waals surface area contributed by atoms with E-state index in [2.05, 4.69) is 9.84 Å². The Bertz CT molecular complexity index is 751.